The fourth-order valence-corrected chi connectivity index (χ4v) is 3.14. The van der Waals surface area contributed by atoms with E-state index in [1.54, 1.807) is 6.20 Å². The Bertz CT molecular complexity index is 543. The Kier molecular flexibility index (Phi) is 1.27. The summed E-state index contributed by atoms with van der Waals surface area (Å²) >= 11 is 5.84. The van der Waals surface area contributed by atoms with Gasteiger partial charge in [-0.15, -0.1) is 0 Å². The SMILES string of the molecule is Clc1ncc2ccn(C34CC(C3)C4)c2n1. The molecule has 4 heteroatoms. The summed E-state index contributed by atoms with van der Waals surface area (Å²) < 4.78 is 2.30. The molecule has 76 valence electrons. The summed E-state index contributed by atoms with van der Waals surface area (Å²) in [5.74, 6) is 0.972. The average Bonchev–Trinajstić information content (AvgIpc) is 2.44. The highest BCUT2D eigenvalue weighted by Gasteiger charge is 2.58. The molecule has 3 aliphatic rings. The molecule has 5 rings (SSSR count). The summed E-state index contributed by atoms with van der Waals surface area (Å²) in [6.45, 7) is 0. The summed E-state index contributed by atoms with van der Waals surface area (Å²) in [5, 5.41) is 1.43. The average molecular weight is 220 g/mol. The van der Waals surface area contributed by atoms with E-state index in [0.29, 0.717) is 10.8 Å². The highest BCUT2D eigenvalue weighted by Crippen LogP contribution is 2.62. The zero-order chi connectivity index (χ0) is 10.0. The highest BCUT2D eigenvalue weighted by atomic mass is 35.5. The summed E-state index contributed by atoms with van der Waals surface area (Å²) in [6.07, 6.45) is 7.88. The third kappa shape index (κ3) is 0.875. The number of aromatic nitrogens is 3. The van der Waals surface area contributed by atoms with Crippen molar-refractivity contribution in [1.29, 1.82) is 0 Å². The minimum absolute atomic E-state index is 0.342. The highest BCUT2D eigenvalue weighted by molar-refractivity contribution is 6.28. The quantitative estimate of drug-likeness (QED) is 0.691. The van der Waals surface area contributed by atoms with E-state index in [0.717, 1.165) is 17.0 Å². The van der Waals surface area contributed by atoms with Gasteiger partial charge in [-0.05, 0) is 42.8 Å². The Hall–Kier alpha value is -1.09. The normalized spacial score (nSPS) is 32.5. The van der Waals surface area contributed by atoms with Crippen molar-refractivity contribution in [2.75, 3.05) is 0 Å². The van der Waals surface area contributed by atoms with Crippen LogP contribution in [0, 0.1) is 5.92 Å². The van der Waals surface area contributed by atoms with Crippen LogP contribution in [0.2, 0.25) is 5.28 Å². The molecule has 3 nitrogen and oxygen atoms in total. The number of hydrogen-bond donors (Lipinski definition) is 0. The van der Waals surface area contributed by atoms with Gasteiger partial charge in [0.1, 0.15) is 5.65 Å². The Morgan fingerprint density at radius 1 is 1.40 bits per heavy atom. The first kappa shape index (κ1) is 8.11. The van der Waals surface area contributed by atoms with E-state index in [9.17, 15) is 0 Å². The van der Waals surface area contributed by atoms with Gasteiger partial charge in [0, 0.05) is 23.3 Å². The van der Waals surface area contributed by atoms with Crippen molar-refractivity contribution in [3.63, 3.8) is 0 Å². The lowest BCUT2D eigenvalue weighted by Crippen LogP contribution is -2.59. The van der Waals surface area contributed by atoms with Gasteiger partial charge in [0.25, 0.3) is 0 Å². The van der Waals surface area contributed by atoms with E-state index < -0.39 is 0 Å². The Balaban J connectivity index is 1.97. The molecule has 2 bridgehead atoms. The van der Waals surface area contributed by atoms with Crippen LogP contribution >= 0.6 is 11.6 Å². The van der Waals surface area contributed by atoms with Crippen molar-refractivity contribution in [3.8, 4) is 0 Å². The first-order chi connectivity index (χ1) is 7.27. The zero-order valence-electron chi connectivity index (χ0n) is 8.15. The summed E-state index contributed by atoms with van der Waals surface area (Å²) in [6, 6.07) is 2.08. The molecule has 15 heavy (non-hydrogen) atoms. The maximum Gasteiger partial charge on any atom is 0.224 e. The number of hydrogen-bond acceptors (Lipinski definition) is 2. The molecule has 0 spiro atoms. The Morgan fingerprint density at radius 3 is 2.87 bits per heavy atom. The molecule has 2 aromatic heterocycles. The third-order valence-electron chi connectivity index (χ3n) is 3.91. The molecule has 0 saturated heterocycles. The van der Waals surface area contributed by atoms with Crippen LogP contribution in [0.1, 0.15) is 19.3 Å². The number of halogens is 1. The first-order valence-corrected chi connectivity index (χ1v) is 5.65. The molecule has 0 radical (unpaired) electrons. The second-order valence-electron chi connectivity index (χ2n) is 4.81. The minimum Gasteiger partial charge on any atom is -0.326 e. The molecule has 0 N–H and O–H groups in total. The first-order valence-electron chi connectivity index (χ1n) is 5.27. The number of rotatable bonds is 1. The second kappa shape index (κ2) is 2.35. The molecular weight excluding hydrogens is 210 g/mol. The van der Waals surface area contributed by atoms with Gasteiger partial charge in [0.15, 0.2) is 0 Å². The lowest BCUT2D eigenvalue weighted by Gasteiger charge is -2.62. The van der Waals surface area contributed by atoms with Crippen LogP contribution in [0.3, 0.4) is 0 Å². The van der Waals surface area contributed by atoms with Crippen LogP contribution < -0.4 is 0 Å². The van der Waals surface area contributed by atoms with Gasteiger partial charge < -0.3 is 4.57 Å². The molecule has 0 atom stereocenters. The summed E-state index contributed by atoms with van der Waals surface area (Å²) in [5.41, 5.74) is 1.37. The van der Waals surface area contributed by atoms with Gasteiger partial charge in [-0.3, -0.25) is 0 Å². The molecule has 0 aromatic carbocycles. The van der Waals surface area contributed by atoms with E-state index in [-0.39, 0.29) is 0 Å². The maximum atomic E-state index is 5.84. The minimum atomic E-state index is 0.342. The standard InChI is InChI=1S/C11H10ClN3/c12-10-13-6-8-1-2-15(9(8)14-10)11-3-7(4-11)5-11/h1-2,6-7H,3-5H2. The zero-order valence-corrected chi connectivity index (χ0v) is 8.91. The fourth-order valence-electron chi connectivity index (χ4n) is 3.01. The topological polar surface area (TPSA) is 30.7 Å². The van der Waals surface area contributed by atoms with Crippen molar-refractivity contribution >= 4 is 22.6 Å². The van der Waals surface area contributed by atoms with Crippen LogP contribution in [-0.4, -0.2) is 14.5 Å². The fraction of sp³-hybridized carbons (Fsp3) is 0.455. The molecule has 3 saturated carbocycles. The molecule has 3 aliphatic carbocycles. The van der Waals surface area contributed by atoms with Crippen LogP contribution in [-0.2, 0) is 5.54 Å². The lowest BCUT2D eigenvalue weighted by atomic mass is 9.49. The van der Waals surface area contributed by atoms with E-state index in [2.05, 4.69) is 26.8 Å². The van der Waals surface area contributed by atoms with E-state index >= 15 is 0 Å². The molecule has 3 fully saturated rings. The Labute approximate surface area is 92.1 Å². The molecule has 0 aliphatic heterocycles. The predicted octanol–water partition coefficient (Wildman–Crippen LogP) is 2.59. The summed E-state index contributed by atoms with van der Waals surface area (Å²) in [7, 11) is 0. The smallest absolute Gasteiger partial charge is 0.224 e. The van der Waals surface area contributed by atoms with Crippen molar-refractivity contribution in [2.45, 2.75) is 24.8 Å². The van der Waals surface area contributed by atoms with Gasteiger partial charge >= 0.3 is 0 Å². The van der Waals surface area contributed by atoms with Gasteiger partial charge in [0.05, 0.1) is 0 Å². The third-order valence-corrected chi connectivity index (χ3v) is 4.10. The number of fused-ring (bicyclic) bond motifs is 1. The monoisotopic (exact) mass is 219 g/mol. The van der Waals surface area contributed by atoms with E-state index in [1.807, 2.05) is 0 Å². The van der Waals surface area contributed by atoms with Crippen LogP contribution in [0.4, 0.5) is 0 Å². The molecular formula is C11H10ClN3. The predicted molar refractivity (Wildman–Crippen MR) is 57.9 cm³/mol. The van der Waals surface area contributed by atoms with Gasteiger partial charge in [-0.25, -0.2) is 4.98 Å². The largest absolute Gasteiger partial charge is 0.326 e. The van der Waals surface area contributed by atoms with Crippen LogP contribution in [0.25, 0.3) is 11.0 Å². The molecule has 2 heterocycles. The molecule has 0 amide bonds. The maximum absolute atomic E-state index is 5.84. The lowest BCUT2D eigenvalue weighted by molar-refractivity contribution is -0.0858. The van der Waals surface area contributed by atoms with E-state index in [1.165, 1.54) is 19.3 Å². The van der Waals surface area contributed by atoms with Crippen LogP contribution in [0.5, 0.6) is 0 Å². The van der Waals surface area contributed by atoms with Gasteiger partial charge in [-0.2, -0.15) is 4.98 Å². The molecule has 2 aromatic rings. The second-order valence-corrected chi connectivity index (χ2v) is 5.14. The van der Waals surface area contributed by atoms with Gasteiger partial charge in [-0.1, -0.05) is 0 Å². The summed E-state index contributed by atoms with van der Waals surface area (Å²) in [4.78, 5) is 8.33. The van der Waals surface area contributed by atoms with Crippen molar-refractivity contribution in [3.05, 3.63) is 23.7 Å². The van der Waals surface area contributed by atoms with Gasteiger partial charge in [0.2, 0.25) is 5.28 Å². The Morgan fingerprint density at radius 2 is 2.20 bits per heavy atom. The number of nitrogens with zero attached hydrogens (tertiary/aromatic N) is 3. The van der Waals surface area contributed by atoms with Crippen molar-refractivity contribution in [1.82, 2.24) is 14.5 Å². The molecule has 0 unspecified atom stereocenters. The van der Waals surface area contributed by atoms with E-state index in [4.69, 9.17) is 11.6 Å². The van der Waals surface area contributed by atoms with Crippen molar-refractivity contribution < 1.29 is 0 Å². The van der Waals surface area contributed by atoms with Crippen LogP contribution in [0.15, 0.2) is 18.5 Å². The van der Waals surface area contributed by atoms with Crippen molar-refractivity contribution in [2.24, 2.45) is 5.92 Å².